The lowest BCUT2D eigenvalue weighted by Gasteiger charge is -2.40. The topological polar surface area (TPSA) is 117 Å². The Bertz CT molecular complexity index is 1250. The van der Waals surface area contributed by atoms with Crippen LogP contribution in [-0.2, 0) is 38.9 Å². The molecule has 2 heterocycles. The van der Waals surface area contributed by atoms with E-state index in [-0.39, 0.29) is 10.8 Å². The molecule has 194 valence electrons. The quantitative estimate of drug-likeness (QED) is 0.532. The maximum absolute atomic E-state index is 13.0. The smallest absolute Gasteiger partial charge is 0.322 e. The van der Waals surface area contributed by atoms with Crippen LogP contribution < -0.4 is 4.72 Å². The van der Waals surface area contributed by atoms with E-state index in [1.807, 2.05) is 6.92 Å². The number of pyridine rings is 1. The third kappa shape index (κ3) is 5.95. The molecule has 1 fully saturated rings. The van der Waals surface area contributed by atoms with Crippen LogP contribution in [-0.4, -0.2) is 54.4 Å². The summed E-state index contributed by atoms with van der Waals surface area (Å²) in [6.07, 6.45) is 5.93. The maximum atomic E-state index is 13.0. The number of carboxylic acid groups (broad SMARTS) is 1. The molecular weight excluding hydrogens is 478 g/mol. The number of benzene rings is 1. The zero-order valence-electron chi connectivity index (χ0n) is 21.2. The summed E-state index contributed by atoms with van der Waals surface area (Å²) < 4.78 is 28.2. The normalized spacial score (nSPS) is 16.8. The number of amides is 1. The van der Waals surface area contributed by atoms with E-state index in [1.54, 1.807) is 30.9 Å². The van der Waals surface area contributed by atoms with Crippen molar-refractivity contribution in [1.29, 1.82) is 0 Å². The SMILES string of the molecule is Cc1cc(C)c(S(=O)(=O)N[C@@H](CC(=O)N2CC(CCc3ccc4c(n3)CCCC4)C2)C(=O)O)c(C)c1. The monoisotopic (exact) mass is 513 g/mol. The number of aliphatic carboxylic acids is 1. The maximum Gasteiger partial charge on any atom is 0.322 e. The van der Waals surface area contributed by atoms with Crippen LogP contribution >= 0.6 is 0 Å². The molecule has 9 heteroatoms. The molecular formula is C27H35N3O5S. The summed E-state index contributed by atoms with van der Waals surface area (Å²) in [4.78, 5) is 31.0. The molecule has 4 rings (SSSR count). The summed E-state index contributed by atoms with van der Waals surface area (Å²) in [7, 11) is -4.11. The highest BCUT2D eigenvalue weighted by Gasteiger charge is 2.35. The lowest BCUT2D eigenvalue weighted by molar-refractivity contribution is -0.145. The predicted octanol–water partition coefficient (Wildman–Crippen LogP) is 3.10. The van der Waals surface area contributed by atoms with Crippen molar-refractivity contribution in [1.82, 2.24) is 14.6 Å². The highest BCUT2D eigenvalue weighted by atomic mass is 32.2. The Labute approximate surface area is 213 Å². The van der Waals surface area contributed by atoms with Crippen molar-refractivity contribution in [2.45, 2.75) is 76.7 Å². The van der Waals surface area contributed by atoms with Crippen LogP contribution in [0, 0.1) is 26.7 Å². The molecule has 8 nitrogen and oxygen atoms in total. The van der Waals surface area contributed by atoms with Gasteiger partial charge in [0.1, 0.15) is 6.04 Å². The molecule has 1 saturated heterocycles. The van der Waals surface area contributed by atoms with Crippen molar-refractivity contribution in [2.75, 3.05) is 13.1 Å². The average molecular weight is 514 g/mol. The minimum atomic E-state index is -4.11. The van der Waals surface area contributed by atoms with E-state index in [2.05, 4.69) is 16.9 Å². The number of likely N-dealkylation sites (tertiary alicyclic amines) is 1. The highest BCUT2D eigenvalue weighted by molar-refractivity contribution is 7.89. The molecule has 1 aromatic carbocycles. The van der Waals surface area contributed by atoms with Gasteiger partial charge in [-0.15, -0.1) is 0 Å². The second-order valence-electron chi connectivity index (χ2n) is 10.3. The van der Waals surface area contributed by atoms with Crippen LogP contribution in [0.5, 0.6) is 0 Å². The van der Waals surface area contributed by atoms with Gasteiger partial charge in [0.05, 0.1) is 11.3 Å². The van der Waals surface area contributed by atoms with E-state index in [4.69, 9.17) is 4.98 Å². The van der Waals surface area contributed by atoms with Crippen molar-refractivity contribution in [2.24, 2.45) is 5.92 Å². The summed E-state index contributed by atoms with van der Waals surface area (Å²) in [5.74, 6) is -1.39. The average Bonchev–Trinajstić information content (AvgIpc) is 2.76. The minimum Gasteiger partial charge on any atom is -0.480 e. The second kappa shape index (κ2) is 10.7. The third-order valence-corrected chi connectivity index (χ3v) is 8.98. The fraction of sp³-hybridized carbons (Fsp3) is 0.519. The molecule has 1 aliphatic carbocycles. The lowest BCUT2D eigenvalue weighted by atomic mass is 9.92. The molecule has 1 aliphatic heterocycles. The first-order chi connectivity index (χ1) is 17.0. The first kappa shape index (κ1) is 26.3. The first-order valence-electron chi connectivity index (χ1n) is 12.6. The van der Waals surface area contributed by atoms with Crippen molar-refractivity contribution in [3.05, 3.63) is 57.9 Å². The van der Waals surface area contributed by atoms with Gasteiger partial charge in [-0.1, -0.05) is 23.8 Å². The van der Waals surface area contributed by atoms with Gasteiger partial charge < -0.3 is 10.0 Å². The fourth-order valence-corrected chi connectivity index (χ4v) is 7.04. The fourth-order valence-electron chi connectivity index (χ4n) is 5.39. The number of aryl methyl sites for hydroxylation is 6. The van der Waals surface area contributed by atoms with Crippen LogP contribution in [0.15, 0.2) is 29.2 Å². The molecule has 36 heavy (non-hydrogen) atoms. The van der Waals surface area contributed by atoms with Crippen LogP contribution in [0.3, 0.4) is 0 Å². The Balaban J connectivity index is 1.30. The molecule has 0 bridgehead atoms. The molecule has 1 atom stereocenters. The van der Waals surface area contributed by atoms with Gasteiger partial charge in [-0.05, 0) is 88.0 Å². The number of carbonyl (C=O) groups excluding carboxylic acids is 1. The van der Waals surface area contributed by atoms with Gasteiger partial charge in [0.25, 0.3) is 0 Å². The zero-order chi connectivity index (χ0) is 26.0. The number of rotatable bonds is 9. The van der Waals surface area contributed by atoms with E-state index in [0.717, 1.165) is 36.9 Å². The van der Waals surface area contributed by atoms with Crippen LogP contribution in [0.2, 0.25) is 0 Å². The van der Waals surface area contributed by atoms with Gasteiger partial charge >= 0.3 is 5.97 Å². The number of nitrogens with zero attached hydrogens (tertiary/aromatic N) is 2. The van der Waals surface area contributed by atoms with E-state index < -0.39 is 28.5 Å². The number of hydrogen-bond donors (Lipinski definition) is 2. The second-order valence-corrected chi connectivity index (χ2v) is 11.9. The van der Waals surface area contributed by atoms with Gasteiger partial charge in [0, 0.05) is 24.5 Å². The van der Waals surface area contributed by atoms with Crippen LogP contribution in [0.4, 0.5) is 0 Å². The molecule has 1 amide bonds. The summed E-state index contributed by atoms with van der Waals surface area (Å²) in [6, 6.07) is 6.25. The molecule has 1 aromatic heterocycles. The first-order valence-corrected chi connectivity index (χ1v) is 14.1. The van der Waals surface area contributed by atoms with Crippen LogP contribution in [0.1, 0.15) is 59.3 Å². The minimum absolute atomic E-state index is 0.0617. The number of carboxylic acids is 1. The van der Waals surface area contributed by atoms with Gasteiger partial charge in [-0.3, -0.25) is 14.6 Å². The molecule has 0 saturated carbocycles. The zero-order valence-corrected chi connectivity index (χ0v) is 22.0. The van der Waals surface area contributed by atoms with E-state index >= 15 is 0 Å². The molecule has 0 spiro atoms. The van der Waals surface area contributed by atoms with Crippen molar-refractivity contribution in [3.8, 4) is 0 Å². The Morgan fingerprint density at radius 3 is 2.44 bits per heavy atom. The number of nitrogens with one attached hydrogen (secondary N) is 1. The van der Waals surface area contributed by atoms with Gasteiger partial charge in [0.15, 0.2) is 0 Å². The summed E-state index contributed by atoms with van der Waals surface area (Å²) in [6.45, 7) is 6.33. The Kier molecular flexibility index (Phi) is 7.80. The molecule has 0 radical (unpaired) electrons. The largest absolute Gasteiger partial charge is 0.480 e. The standard InChI is InChI=1S/C27H35N3O5S/c1-17-12-18(2)26(19(3)13-17)36(34,35)29-24(27(32)33)14-25(31)30-15-20(16-30)8-10-22-11-9-21-6-4-5-7-23(21)28-22/h9,11-13,20,24,29H,4-8,10,14-16H2,1-3H3,(H,32,33)/t24-/m0/s1. The van der Waals surface area contributed by atoms with Crippen molar-refractivity contribution < 1.29 is 23.1 Å². The summed E-state index contributed by atoms with van der Waals surface area (Å²) in [5, 5.41) is 9.63. The highest BCUT2D eigenvalue weighted by Crippen LogP contribution is 2.25. The van der Waals surface area contributed by atoms with E-state index in [0.29, 0.717) is 30.1 Å². The number of hydrogen-bond acceptors (Lipinski definition) is 5. The van der Waals surface area contributed by atoms with Gasteiger partial charge in [-0.2, -0.15) is 4.72 Å². The third-order valence-electron chi connectivity index (χ3n) is 7.20. The summed E-state index contributed by atoms with van der Waals surface area (Å²) in [5.41, 5.74) is 5.67. The van der Waals surface area contributed by atoms with Gasteiger partial charge in [0.2, 0.25) is 15.9 Å². The van der Waals surface area contributed by atoms with E-state index in [1.165, 1.54) is 24.1 Å². The van der Waals surface area contributed by atoms with Crippen molar-refractivity contribution >= 4 is 21.9 Å². The summed E-state index contributed by atoms with van der Waals surface area (Å²) >= 11 is 0. The number of aromatic nitrogens is 1. The Morgan fingerprint density at radius 1 is 1.11 bits per heavy atom. The number of sulfonamides is 1. The van der Waals surface area contributed by atoms with Crippen LogP contribution in [0.25, 0.3) is 0 Å². The molecule has 0 unspecified atom stereocenters. The molecule has 2 aliphatic rings. The molecule has 2 aromatic rings. The van der Waals surface area contributed by atoms with E-state index in [9.17, 15) is 23.1 Å². The lowest BCUT2D eigenvalue weighted by Crippen LogP contribution is -2.53. The Morgan fingerprint density at radius 2 is 1.78 bits per heavy atom. The Hall–Kier alpha value is -2.78. The number of carbonyl (C=O) groups is 2. The number of fused-ring (bicyclic) bond motifs is 1. The predicted molar refractivity (Wildman–Crippen MR) is 136 cm³/mol. The van der Waals surface area contributed by atoms with Gasteiger partial charge in [-0.25, -0.2) is 8.42 Å². The molecule has 2 N–H and O–H groups in total. The van der Waals surface area contributed by atoms with Crippen molar-refractivity contribution in [3.63, 3.8) is 0 Å².